The molecule has 0 aromatic heterocycles. The zero-order chi connectivity index (χ0) is 0. The summed E-state index contributed by atoms with van der Waals surface area (Å²) < 4.78 is 0. The maximum absolute atomic E-state index is 0. The normalized spacial score (nSPS) is 0. The van der Waals surface area contributed by atoms with Gasteiger partial charge in [0.25, 0.3) is 0 Å². The maximum Gasteiger partial charge on any atom is 0 e. The SMILES string of the molecule is S.[Na].[Na].[Na]. The van der Waals surface area contributed by atoms with Crippen molar-refractivity contribution in [1.29, 1.82) is 0 Å². The van der Waals surface area contributed by atoms with Crippen LogP contribution in [0.3, 0.4) is 0 Å². The van der Waals surface area contributed by atoms with Gasteiger partial charge >= 0.3 is 0 Å². The molecule has 0 nitrogen and oxygen atoms in total. The summed E-state index contributed by atoms with van der Waals surface area (Å²) in [7, 11) is 0. The summed E-state index contributed by atoms with van der Waals surface area (Å²) in [6.07, 6.45) is 0. The maximum atomic E-state index is 0. The van der Waals surface area contributed by atoms with Crippen molar-refractivity contribution < 1.29 is 0 Å². The van der Waals surface area contributed by atoms with E-state index < -0.39 is 0 Å². The van der Waals surface area contributed by atoms with Gasteiger partial charge in [0, 0.05) is 88.7 Å². The fraction of sp³-hybridized carbons (Fsp3) is 0. The molecule has 0 rings (SSSR count). The number of hydrogen-bond donors (Lipinski definition) is 0. The van der Waals surface area contributed by atoms with E-state index in [0.29, 0.717) is 0 Å². The summed E-state index contributed by atoms with van der Waals surface area (Å²) in [5, 5.41) is 0. The summed E-state index contributed by atoms with van der Waals surface area (Å²) in [5.74, 6) is 0. The van der Waals surface area contributed by atoms with Crippen molar-refractivity contribution >= 4 is 102 Å². The summed E-state index contributed by atoms with van der Waals surface area (Å²) in [4.78, 5) is 0. The molecule has 0 aliphatic heterocycles. The van der Waals surface area contributed by atoms with Gasteiger partial charge in [-0.3, -0.25) is 0 Å². The third-order valence-electron chi connectivity index (χ3n) is 0. The van der Waals surface area contributed by atoms with Crippen LogP contribution < -0.4 is 0 Å². The van der Waals surface area contributed by atoms with Gasteiger partial charge in [0.15, 0.2) is 0 Å². The van der Waals surface area contributed by atoms with Crippen LogP contribution in [0.25, 0.3) is 0 Å². The van der Waals surface area contributed by atoms with E-state index in [2.05, 4.69) is 0 Å². The third kappa shape index (κ3) is 9.02. The molecule has 0 saturated heterocycles. The number of hydrogen-bond acceptors (Lipinski definition) is 0. The second-order valence-corrected chi connectivity index (χ2v) is 0. The van der Waals surface area contributed by atoms with Gasteiger partial charge in [-0.2, -0.15) is 13.5 Å². The molecule has 11 valence electrons. The van der Waals surface area contributed by atoms with Crippen LogP contribution >= 0.6 is 13.5 Å². The molecule has 0 atom stereocenters. The Bertz CT molecular complexity index is 3.25. The molecule has 0 aliphatic rings. The van der Waals surface area contributed by atoms with E-state index in [0.717, 1.165) is 0 Å². The Morgan fingerprint density at radius 1 is 0.500 bits per heavy atom. The number of rotatable bonds is 0. The molecule has 4 heteroatoms. The Kier molecular flexibility index (Phi) is 107. The van der Waals surface area contributed by atoms with Gasteiger partial charge in [0.05, 0.1) is 0 Å². The van der Waals surface area contributed by atoms with Gasteiger partial charge < -0.3 is 0 Å². The van der Waals surface area contributed by atoms with Crippen molar-refractivity contribution in [3.63, 3.8) is 0 Å². The van der Waals surface area contributed by atoms with E-state index in [1.807, 2.05) is 0 Å². The van der Waals surface area contributed by atoms with Gasteiger partial charge in [0.1, 0.15) is 0 Å². The summed E-state index contributed by atoms with van der Waals surface area (Å²) in [6.45, 7) is 0. The van der Waals surface area contributed by atoms with Gasteiger partial charge in [0.2, 0.25) is 0 Å². The van der Waals surface area contributed by atoms with E-state index in [1.165, 1.54) is 0 Å². The largest absolute Gasteiger partial charge is 0.197 e. The standard InChI is InChI=1S/3Na.H2S/h;;;1H2. The molecular weight excluding hydrogens is 101 g/mol. The van der Waals surface area contributed by atoms with Crippen molar-refractivity contribution in [3.05, 3.63) is 0 Å². The van der Waals surface area contributed by atoms with Crippen molar-refractivity contribution in [2.75, 3.05) is 0 Å². The van der Waals surface area contributed by atoms with E-state index in [9.17, 15) is 0 Å². The van der Waals surface area contributed by atoms with E-state index in [1.54, 1.807) is 0 Å². The van der Waals surface area contributed by atoms with Crippen molar-refractivity contribution in [1.82, 2.24) is 0 Å². The average Bonchev–Trinajstić information content (AvgIpc) is 0. The fourth-order valence-electron chi connectivity index (χ4n) is 0. The van der Waals surface area contributed by atoms with E-state index >= 15 is 0 Å². The first-order valence-corrected chi connectivity index (χ1v) is 0. The van der Waals surface area contributed by atoms with Crippen molar-refractivity contribution in [2.24, 2.45) is 0 Å². The first-order chi connectivity index (χ1) is 0. The quantitative estimate of drug-likeness (QED) is 0.344. The summed E-state index contributed by atoms with van der Waals surface area (Å²) >= 11 is 0. The van der Waals surface area contributed by atoms with Crippen LogP contribution in [-0.2, 0) is 0 Å². The Hall–Kier alpha value is 3.35. The molecule has 0 N–H and O–H groups in total. The molecular formula is H2Na3S. The van der Waals surface area contributed by atoms with Crippen molar-refractivity contribution in [3.8, 4) is 0 Å². The Balaban J connectivity index is 0. The molecule has 0 saturated carbocycles. The third-order valence-corrected chi connectivity index (χ3v) is 0. The van der Waals surface area contributed by atoms with Crippen molar-refractivity contribution in [2.45, 2.75) is 0 Å². The second kappa shape index (κ2) is 16.2. The second-order valence-electron chi connectivity index (χ2n) is 0. The minimum atomic E-state index is 0. The van der Waals surface area contributed by atoms with Gasteiger partial charge in [-0.15, -0.1) is 0 Å². The van der Waals surface area contributed by atoms with Crippen LogP contribution in [0, 0.1) is 0 Å². The minimum absolute atomic E-state index is 0. The van der Waals surface area contributed by atoms with Crippen LogP contribution in [0.15, 0.2) is 0 Å². The smallest absolute Gasteiger partial charge is 0 e. The van der Waals surface area contributed by atoms with Crippen LogP contribution in [0.2, 0.25) is 0 Å². The Labute approximate surface area is 99.8 Å². The van der Waals surface area contributed by atoms with E-state index in [4.69, 9.17) is 0 Å². The zero-order valence-corrected chi connectivity index (χ0v) is 10.5. The molecule has 0 aromatic rings. The van der Waals surface area contributed by atoms with E-state index in [-0.39, 0.29) is 102 Å². The summed E-state index contributed by atoms with van der Waals surface area (Å²) in [5.41, 5.74) is 0. The summed E-state index contributed by atoms with van der Waals surface area (Å²) in [6, 6.07) is 0. The van der Waals surface area contributed by atoms with Gasteiger partial charge in [-0.1, -0.05) is 0 Å². The fourth-order valence-corrected chi connectivity index (χ4v) is 0. The molecule has 0 fully saturated rings. The molecule has 0 amide bonds. The van der Waals surface area contributed by atoms with Gasteiger partial charge in [-0.05, 0) is 0 Å². The topological polar surface area (TPSA) is 0 Å². The monoisotopic (exact) mass is 103 g/mol. The van der Waals surface area contributed by atoms with Crippen LogP contribution in [-0.4, -0.2) is 88.7 Å². The zero-order valence-electron chi connectivity index (χ0n) is 3.50. The first kappa shape index (κ1) is 26.4. The predicted molar refractivity (Wildman–Crippen MR) is 27.6 cm³/mol. The molecule has 0 unspecified atom stereocenters. The molecule has 0 heterocycles. The molecule has 0 spiro atoms. The Morgan fingerprint density at radius 2 is 0.500 bits per heavy atom. The molecule has 0 aliphatic carbocycles. The molecule has 0 aromatic carbocycles. The van der Waals surface area contributed by atoms with Crippen LogP contribution in [0.1, 0.15) is 0 Å². The predicted octanol–water partition coefficient (Wildman–Crippen LogP) is -1.03. The van der Waals surface area contributed by atoms with Gasteiger partial charge in [-0.25, -0.2) is 0 Å². The molecule has 4 heavy (non-hydrogen) atoms. The van der Waals surface area contributed by atoms with Crippen LogP contribution in [0.5, 0.6) is 0 Å². The molecule has 0 bridgehead atoms. The average molecular weight is 103 g/mol. The first-order valence-electron chi connectivity index (χ1n) is 0. The molecule has 3 radical (unpaired) electrons. The van der Waals surface area contributed by atoms with Crippen LogP contribution in [0.4, 0.5) is 0 Å². The minimum Gasteiger partial charge on any atom is -0.197 e. The Morgan fingerprint density at radius 3 is 0.500 bits per heavy atom.